The quantitative estimate of drug-likeness (QED) is 0.615. The van der Waals surface area contributed by atoms with Crippen molar-refractivity contribution >= 4 is 17.6 Å². The van der Waals surface area contributed by atoms with Gasteiger partial charge in [-0.3, -0.25) is 4.99 Å². The van der Waals surface area contributed by atoms with Gasteiger partial charge >= 0.3 is 0 Å². The maximum absolute atomic E-state index is 11.4. The molecule has 2 aliphatic rings. The highest BCUT2D eigenvalue weighted by molar-refractivity contribution is 5.85. The molecule has 168 valence electrons. The van der Waals surface area contributed by atoms with Crippen LogP contribution in [0.5, 0.6) is 0 Å². The van der Waals surface area contributed by atoms with Crippen LogP contribution in [0.25, 0.3) is 5.70 Å². The van der Waals surface area contributed by atoms with Crippen LogP contribution in [0.4, 0.5) is 5.69 Å². The molecule has 0 amide bonds. The van der Waals surface area contributed by atoms with Crippen molar-refractivity contribution in [1.82, 2.24) is 5.32 Å². The number of allylic oxidation sites excluding steroid dienone is 1. The van der Waals surface area contributed by atoms with Crippen molar-refractivity contribution in [1.29, 1.82) is 0 Å². The van der Waals surface area contributed by atoms with E-state index in [1.165, 1.54) is 0 Å². The van der Waals surface area contributed by atoms with Crippen LogP contribution >= 0.6 is 0 Å². The number of aliphatic hydroxyl groups is 1. The van der Waals surface area contributed by atoms with Crippen LogP contribution in [0.2, 0.25) is 0 Å². The fraction of sp³-hybridized carbons (Fsp3) is 0.250. The Morgan fingerprint density at radius 2 is 1.55 bits per heavy atom. The Balaban J connectivity index is 1.30. The second-order valence-electron chi connectivity index (χ2n) is 8.63. The minimum Gasteiger partial charge on any atom is -0.381 e. The summed E-state index contributed by atoms with van der Waals surface area (Å²) in [7, 11) is 0. The molecule has 1 saturated heterocycles. The van der Waals surface area contributed by atoms with Crippen LogP contribution in [-0.2, 0) is 10.3 Å². The largest absolute Gasteiger partial charge is 0.381 e. The second kappa shape index (κ2) is 9.22. The number of hydrogen-bond donors (Lipinski definition) is 2. The minimum atomic E-state index is -1.08. The summed E-state index contributed by atoms with van der Waals surface area (Å²) in [6.45, 7) is 5.16. The number of anilines is 1. The number of ether oxygens (including phenoxy) is 1. The van der Waals surface area contributed by atoms with Crippen molar-refractivity contribution in [3.05, 3.63) is 107 Å². The predicted octanol–water partition coefficient (Wildman–Crippen LogP) is 4.49. The molecule has 2 unspecified atom stereocenters. The first-order chi connectivity index (χ1) is 16.1. The van der Waals surface area contributed by atoms with Gasteiger partial charge in [-0.05, 0) is 47.4 Å². The fourth-order valence-electron chi connectivity index (χ4n) is 4.38. The zero-order chi connectivity index (χ0) is 22.7. The zero-order valence-electron chi connectivity index (χ0n) is 18.8. The Bertz CT molecular complexity index is 1130. The standard InChI is InChI=1S/C28H29N3O2/c1-28(32,24-11-13-25(14-12-24)31-17-19-33-20-18-31)23-9-7-22(8-10-23)27-29-16-15-26(30-27)21-5-3-2-4-6-21/h2-16,27,30,32H,17-20H2,1H3. The van der Waals surface area contributed by atoms with Crippen molar-refractivity contribution in [2.24, 2.45) is 4.99 Å². The van der Waals surface area contributed by atoms with Crippen molar-refractivity contribution in [3.63, 3.8) is 0 Å². The normalized spacial score (nSPS) is 20.0. The fourth-order valence-corrected chi connectivity index (χ4v) is 4.38. The van der Waals surface area contributed by atoms with Gasteiger partial charge in [-0.25, -0.2) is 0 Å². The van der Waals surface area contributed by atoms with Crippen molar-refractivity contribution < 1.29 is 9.84 Å². The van der Waals surface area contributed by atoms with Crippen LogP contribution in [0.15, 0.2) is 89.9 Å². The van der Waals surface area contributed by atoms with E-state index in [0.29, 0.717) is 0 Å². The van der Waals surface area contributed by atoms with E-state index in [9.17, 15) is 5.11 Å². The average Bonchev–Trinajstić information content (AvgIpc) is 2.90. The molecule has 0 saturated carbocycles. The molecule has 0 spiro atoms. The topological polar surface area (TPSA) is 57.1 Å². The minimum absolute atomic E-state index is 0.156. The van der Waals surface area contributed by atoms with Gasteiger partial charge in [0.1, 0.15) is 11.8 Å². The summed E-state index contributed by atoms with van der Waals surface area (Å²) < 4.78 is 5.44. The molecule has 2 heterocycles. The number of nitrogens with one attached hydrogen (secondary N) is 1. The van der Waals surface area contributed by atoms with Crippen molar-refractivity contribution in [3.8, 4) is 0 Å². The van der Waals surface area contributed by atoms with Crippen molar-refractivity contribution in [2.45, 2.75) is 18.7 Å². The molecule has 3 aromatic rings. The lowest BCUT2D eigenvalue weighted by Gasteiger charge is -2.30. The summed E-state index contributed by atoms with van der Waals surface area (Å²) in [4.78, 5) is 6.90. The van der Waals surface area contributed by atoms with Crippen LogP contribution in [-0.4, -0.2) is 37.6 Å². The molecule has 0 aliphatic carbocycles. The lowest BCUT2D eigenvalue weighted by atomic mass is 9.87. The van der Waals surface area contributed by atoms with E-state index in [0.717, 1.165) is 59.9 Å². The van der Waals surface area contributed by atoms with Crippen LogP contribution in [0.3, 0.4) is 0 Å². The number of nitrogens with zero attached hydrogens (tertiary/aromatic N) is 2. The van der Waals surface area contributed by atoms with Gasteiger partial charge < -0.3 is 20.1 Å². The van der Waals surface area contributed by atoms with E-state index < -0.39 is 5.60 Å². The highest BCUT2D eigenvalue weighted by Gasteiger charge is 2.26. The Morgan fingerprint density at radius 3 is 2.21 bits per heavy atom. The summed E-state index contributed by atoms with van der Waals surface area (Å²) in [5.41, 5.74) is 5.03. The van der Waals surface area contributed by atoms with Gasteiger partial charge in [-0.15, -0.1) is 0 Å². The third-order valence-corrected chi connectivity index (χ3v) is 6.45. The van der Waals surface area contributed by atoms with Gasteiger partial charge in [0.25, 0.3) is 0 Å². The summed E-state index contributed by atoms with van der Waals surface area (Å²) in [6, 6.07) is 26.5. The molecule has 5 heteroatoms. The predicted molar refractivity (Wildman–Crippen MR) is 133 cm³/mol. The third kappa shape index (κ3) is 4.56. The molecular weight excluding hydrogens is 410 g/mol. The molecule has 33 heavy (non-hydrogen) atoms. The number of rotatable bonds is 5. The van der Waals surface area contributed by atoms with E-state index in [1.807, 2.05) is 73.8 Å². The van der Waals surface area contributed by atoms with Crippen LogP contribution < -0.4 is 10.2 Å². The molecule has 1 fully saturated rings. The Morgan fingerprint density at radius 1 is 0.909 bits per heavy atom. The molecule has 0 aromatic heterocycles. The molecule has 5 rings (SSSR count). The van der Waals surface area contributed by atoms with E-state index in [2.05, 4.69) is 39.5 Å². The molecule has 5 nitrogen and oxygen atoms in total. The monoisotopic (exact) mass is 439 g/mol. The number of aliphatic imine (C=N–C) groups is 1. The summed E-state index contributed by atoms with van der Waals surface area (Å²) in [6.07, 6.45) is 3.69. The van der Waals surface area contributed by atoms with Gasteiger partial charge in [-0.2, -0.15) is 0 Å². The molecule has 2 aliphatic heterocycles. The highest BCUT2D eigenvalue weighted by atomic mass is 16.5. The van der Waals surface area contributed by atoms with Crippen molar-refractivity contribution in [2.75, 3.05) is 31.2 Å². The lowest BCUT2D eigenvalue weighted by Crippen LogP contribution is -2.36. The van der Waals surface area contributed by atoms with E-state index in [1.54, 1.807) is 0 Å². The van der Waals surface area contributed by atoms with Crippen LogP contribution in [0.1, 0.15) is 35.3 Å². The Kier molecular flexibility index (Phi) is 5.99. The van der Waals surface area contributed by atoms with E-state index >= 15 is 0 Å². The Labute approximate surface area is 195 Å². The van der Waals surface area contributed by atoms with Gasteiger partial charge in [0.05, 0.1) is 13.2 Å². The average molecular weight is 440 g/mol. The van der Waals surface area contributed by atoms with Gasteiger partial charge in [0.15, 0.2) is 0 Å². The summed E-state index contributed by atoms with van der Waals surface area (Å²) in [5.74, 6) is 0. The maximum Gasteiger partial charge on any atom is 0.144 e. The molecule has 2 N–H and O–H groups in total. The van der Waals surface area contributed by atoms with Crippen LogP contribution in [0, 0.1) is 0 Å². The Hall–Kier alpha value is -3.41. The number of morpholine rings is 1. The third-order valence-electron chi connectivity index (χ3n) is 6.45. The van der Waals surface area contributed by atoms with Gasteiger partial charge in [-0.1, -0.05) is 66.7 Å². The summed E-state index contributed by atoms with van der Waals surface area (Å²) >= 11 is 0. The maximum atomic E-state index is 11.4. The molecule has 0 bridgehead atoms. The molecular formula is C28H29N3O2. The molecule has 0 radical (unpaired) electrons. The molecule has 2 atom stereocenters. The lowest BCUT2D eigenvalue weighted by molar-refractivity contribution is 0.102. The first-order valence-corrected chi connectivity index (χ1v) is 11.4. The molecule has 3 aromatic carbocycles. The van der Waals surface area contributed by atoms with E-state index in [-0.39, 0.29) is 6.17 Å². The zero-order valence-corrected chi connectivity index (χ0v) is 18.8. The second-order valence-corrected chi connectivity index (χ2v) is 8.63. The summed E-state index contributed by atoms with van der Waals surface area (Å²) in [5, 5.41) is 14.9. The first-order valence-electron chi connectivity index (χ1n) is 11.4. The van der Waals surface area contributed by atoms with Gasteiger partial charge in [0, 0.05) is 30.7 Å². The first kappa shape index (κ1) is 21.4. The van der Waals surface area contributed by atoms with E-state index in [4.69, 9.17) is 4.74 Å². The number of hydrogen-bond acceptors (Lipinski definition) is 5. The van der Waals surface area contributed by atoms with Gasteiger partial charge in [0.2, 0.25) is 0 Å². The smallest absolute Gasteiger partial charge is 0.144 e. The number of benzene rings is 3. The SMILES string of the molecule is CC(O)(c1ccc(C2N=CC=C(c3ccccc3)N2)cc1)c1ccc(N2CCOCC2)cc1. The highest BCUT2D eigenvalue weighted by Crippen LogP contribution is 2.32.